The molecule has 3 nitrogen and oxygen atoms in total. The van der Waals surface area contributed by atoms with Crippen molar-refractivity contribution in [1.82, 2.24) is 0 Å². The third kappa shape index (κ3) is 12.6. The lowest BCUT2D eigenvalue weighted by atomic mass is 9.70. The third-order valence-corrected chi connectivity index (χ3v) is 30.1. The Labute approximate surface area is 713 Å². The summed E-state index contributed by atoms with van der Waals surface area (Å²) in [7, 11) is 0. The SMILES string of the molecule is CCCCCCCC1(CCCCCCC)c2ccccc2-c2ccc(-c3ccc4c(c3)C(C)(C)c3cc(-c5ccc(-c6cc7c(c8c6oc6ccccc68)-c6ccc(N(c8ccccc8)c8ccc9c(c8)C(C)(C)c8cc%10c(cc8-9)C(C)(C)c8ccc9oc%11ccccc%11c9c8-%10)cc6C7(CCCCCCC)CCCCCCC)cc5)ccc3-4)cc21. The number of furan rings is 2. The summed E-state index contributed by atoms with van der Waals surface area (Å²) in [6.07, 6.45) is 29.9. The fraction of sp³-hybridized carbons (Fsp3) is 0.333. The summed E-state index contributed by atoms with van der Waals surface area (Å²) < 4.78 is 13.9. The Morgan fingerprint density at radius 3 is 1.23 bits per heavy atom. The average Bonchev–Trinajstić information content (AvgIpc) is 1.54. The minimum atomic E-state index is -0.287. The summed E-state index contributed by atoms with van der Waals surface area (Å²) in [6, 6.07) is 97.5. The molecule has 0 saturated heterocycles. The molecule has 0 spiro atoms. The molecule has 0 unspecified atom stereocenters. The first-order chi connectivity index (χ1) is 58.6. The van der Waals surface area contributed by atoms with Crippen LogP contribution in [0.5, 0.6) is 0 Å². The molecule has 0 N–H and O–H groups in total. The van der Waals surface area contributed by atoms with Gasteiger partial charge in [-0.15, -0.1) is 0 Å². The van der Waals surface area contributed by atoms with Crippen molar-refractivity contribution in [2.45, 2.75) is 250 Å². The zero-order chi connectivity index (χ0) is 81.8. The van der Waals surface area contributed by atoms with E-state index in [9.17, 15) is 0 Å². The Morgan fingerprint density at radius 1 is 0.233 bits per heavy atom. The third-order valence-electron chi connectivity index (χ3n) is 30.1. The van der Waals surface area contributed by atoms with E-state index in [4.69, 9.17) is 8.83 Å². The number of benzene rings is 13. The van der Waals surface area contributed by atoms with E-state index in [1.165, 1.54) is 295 Å². The smallest absolute Gasteiger partial charge is 0.143 e. The van der Waals surface area contributed by atoms with Gasteiger partial charge in [-0.05, 0) is 256 Å². The number of fused-ring (bicyclic) bond motifs is 23. The molecule has 0 bridgehead atoms. The zero-order valence-corrected chi connectivity index (χ0v) is 72.9. The molecule has 3 heteroatoms. The summed E-state index contributed by atoms with van der Waals surface area (Å²) in [5.74, 6) is 0. The van der Waals surface area contributed by atoms with E-state index >= 15 is 0 Å². The van der Waals surface area contributed by atoms with Crippen molar-refractivity contribution in [3.8, 4) is 89.0 Å². The van der Waals surface area contributed by atoms with Crippen LogP contribution in [0.1, 0.15) is 279 Å². The van der Waals surface area contributed by atoms with Gasteiger partial charge in [0.05, 0.1) is 0 Å². The maximum Gasteiger partial charge on any atom is 0.143 e. The number of para-hydroxylation sites is 3. The highest BCUT2D eigenvalue weighted by atomic mass is 16.3. The van der Waals surface area contributed by atoms with Gasteiger partial charge in [0.15, 0.2) is 0 Å². The highest BCUT2D eigenvalue weighted by Crippen LogP contribution is 2.64. The molecule has 0 radical (unpaired) electrons. The molecule has 20 rings (SSSR count). The molecule has 0 saturated carbocycles. The first-order valence-corrected chi connectivity index (χ1v) is 46.5. The predicted molar refractivity (Wildman–Crippen MR) is 511 cm³/mol. The van der Waals surface area contributed by atoms with Gasteiger partial charge in [-0.1, -0.05) is 355 Å². The monoisotopic (exact) mass is 1570 g/mol. The molecule has 13 aromatic carbocycles. The van der Waals surface area contributed by atoms with Gasteiger partial charge in [-0.3, -0.25) is 0 Å². The first kappa shape index (κ1) is 77.8. The molecular weight excluding hydrogens is 1450 g/mol. The maximum absolute atomic E-state index is 7.36. The van der Waals surface area contributed by atoms with Crippen LogP contribution < -0.4 is 4.90 Å². The molecule has 120 heavy (non-hydrogen) atoms. The standard InChI is InChI=1S/C117H119NO2/c1-11-15-19-23-36-64-116(65-37-24-20-16-12-2)95-45-33-30-42-84(95)87-59-54-80(70-102(87)116)79-53-58-86-85-57-52-78(68-97(85)114(7,8)98(86)69-79)76-48-50-77(51-49-76)92-73-104-108(111-91-44-32-35-47-106(91)120-112(92)111)89-61-56-83(72-103(89)117(104,66-38-25-21-17-13-3)67-39-26-22-18-14-4)118(81-40-28-27-29-41-81)82-55-60-88-93-74-101-94(75-100(93)115(9,10)99(88)71-82)109-96(113(101,5)6)62-63-107-110(109)90-43-31-34-46-105(90)119-107/h27-35,40-63,68-75H,11-26,36-39,64-67H2,1-10H3. The summed E-state index contributed by atoms with van der Waals surface area (Å²) in [5, 5.41) is 4.85. The van der Waals surface area contributed by atoms with Crippen LogP contribution in [0.15, 0.2) is 258 Å². The second-order valence-corrected chi connectivity index (χ2v) is 38.3. The molecule has 0 aliphatic heterocycles. The van der Waals surface area contributed by atoms with Crippen molar-refractivity contribution in [2.75, 3.05) is 4.90 Å². The van der Waals surface area contributed by atoms with E-state index in [2.05, 4.69) is 323 Å². The molecule has 0 amide bonds. The van der Waals surface area contributed by atoms with E-state index in [0.29, 0.717) is 0 Å². The quantitative estimate of drug-likeness (QED) is 0.0420. The molecule has 5 aliphatic rings. The van der Waals surface area contributed by atoms with Crippen LogP contribution in [-0.2, 0) is 27.1 Å². The van der Waals surface area contributed by atoms with Gasteiger partial charge < -0.3 is 13.7 Å². The van der Waals surface area contributed by atoms with Gasteiger partial charge in [0.2, 0.25) is 0 Å². The molecular formula is C117H119NO2. The zero-order valence-electron chi connectivity index (χ0n) is 72.9. The van der Waals surface area contributed by atoms with E-state index in [0.717, 1.165) is 53.7 Å². The van der Waals surface area contributed by atoms with E-state index in [1.54, 1.807) is 11.1 Å². The van der Waals surface area contributed by atoms with Crippen LogP contribution >= 0.6 is 0 Å². The second-order valence-electron chi connectivity index (χ2n) is 38.3. The van der Waals surface area contributed by atoms with Crippen LogP contribution in [0.25, 0.3) is 133 Å². The van der Waals surface area contributed by atoms with Crippen molar-refractivity contribution < 1.29 is 8.83 Å². The van der Waals surface area contributed by atoms with Gasteiger partial charge in [0, 0.05) is 71.2 Å². The number of hydrogen-bond acceptors (Lipinski definition) is 3. The van der Waals surface area contributed by atoms with Crippen molar-refractivity contribution in [3.63, 3.8) is 0 Å². The van der Waals surface area contributed by atoms with Crippen LogP contribution in [0.2, 0.25) is 0 Å². The summed E-state index contributed by atoms with van der Waals surface area (Å²) in [4.78, 5) is 2.58. The Bertz CT molecular complexity index is 6430. The maximum atomic E-state index is 7.36. The summed E-state index contributed by atoms with van der Waals surface area (Å²) in [6.45, 7) is 24.1. The molecule has 0 fully saturated rings. The van der Waals surface area contributed by atoms with Crippen molar-refractivity contribution in [1.29, 1.82) is 0 Å². The van der Waals surface area contributed by atoms with Crippen LogP contribution in [0.4, 0.5) is 17.1 Å². The average molecular weight is 1570 g/mol. The number of hydrogen-bond donors (Lipinski definition) is 0. The van der Waals surface area contributed by atoms with Gasteiger partial charge in [-0.2, -0.15) is 0 Å². The Balaban J connectivity index is 0.661. The molecule has 0 atom stereocenters. The van der Waals surface area contributed by atoms with Crippen LogP contribution in [0.3, 0.4) is 0 Å². The number of rotatable bonds is 30. The Kier molecular flexibility index (Phi) is 20.1. The van der Waals surface area contributed by atoms with E-state index in [-0.39, 0.29) is 27.1 Å². The minimum Gasteiger partial charge on any atom is -0.456 e. The topological polar surface area (TPSA) is 29.5 Å². The highest BCUT2D eigenvalue weighted by molar-refractivity contribution is 6.19. The summed E-state index contributed by atoms with van der Waals surface area (Å²) >= 11 is 0. The number of anilines is 3. The minimum absolute atomic E-state index is 0.0426. The number of unbranched alkanes of at least 4 members (excludes halogenated alkanes) is 16. The fourth-order valence-corrected chi connectivity index (χ4v) is 23.6. The second kappa shape index (κ2) is 31.1. The first-order valence-electron chi connectivity index (χ1n) is 46.5. The highest BCUT2D eigenvalue weighted by Gasteiger charge is 2.48. The predicted octanol–water partition coefficient (Wildman–Crippen LogP) is 34.9. The van der Waals surface area contributed by atoms with Gasteiger partial charge in [0.25, 0.3) is 0 Å². The van der Waals surface area contributed by atoms with Gasteiger partial charge >= 0.3 is 0 Å². The molecule has 604 valence electrons. The van der Waals surface area contributed by atoms with Crippen LogP contribution in [0, 0.1) is 0 Å². The van der Waals surface area contributed by atoms with Crippen LogP contribution in [-0.4, -0.2) is 0 Å². The molecule has 2 aromatic heterocycles. The Hall–Kier alpha value is -10.7. The lowest BCUT2D eigenvalue weighted by molar-refractivity contribution is 0.399. The van der Waals surface area contributed by atoms with Crippen molar-refractivity contribution >= 4 is 60.9 Å². The van der Waals surface area contributed by atoms with E-state index in [1.807, 2.05) is 0 Å². The van der Waals surface area contributed by atoms with Gasteiger partial charge in [-0.25, -0.2) is 0 Å². The molecule has 15 aromatic rings. The van der Waals surface area contributed by atoms with Gasteiger partial charge in [0.1, 0.15) is 22.3 Å². The molecule has 5 aliphatic carbocycles. The number of nitrogens with zero attached hydrogens (tertiary/aromatic N) is 1. The lowest BCUT2D eigenvalue weighted by Crippen LogP contribution is -2.26. The fourth-order valence-electron chi connectivity index (χ4n) is 23.6. The molecule has 2 heterocycles. The summed E-state index contributed by atoms with van der Waals surface area (Å²) in [5.41, 5.74) is 42.0. The van der Waals surface area contributed by atoms with Crippen molar-refractivity contribution in [3.05, 3.63) is 304 Å². The largest absolute Gasteiger partial charge is 0.456 e. The lowest BCUT2D eigenvalue weighted by Gasteiger charge is -2.34. The van der Waals surface area contributed by atoms with E-state index < -0.39 is 0 Å². The normalized spacial score (nSPS) is 15.2. The van der Waals surface area contributed by atoms with Crippen molar-refractivity contribution in [2.24, 2.45) is 0 Å². The Morgan fingerprint density at radius 2 is 0.625 bits per heavy atom.